The van der Waals surface area contributed by atoms with Gasteiger partial charge in [-0.15, -0.1) is 0 Å². The van der Waals surface area contributed by atoms with Crippen LogP contribution in [0.5, 0.6) is 0 Å². The predicted molar refractivity (Wildman–Crippen MR) is 228 cm³/mol. The molecule has 55 heavy (non-hydrogen) atoms. The summed E-state index contributed by atoms with van der Waals surface area (Å²) < 4.78 is 10.3. The van der Waals surface area contributed by atoms with Gasteiger partial charge in [-0.1, -0.05) is 192 Å². The third kappa shape index (κ3) is 30.6. The van der Waals surface area contributed by atoms with E-state index in [1.165, 1.54) is 109 Å². The maximum absolute atomic E-state index is 12.3. The van der Waals surface area contributed by atoms with Crippen LogP contribution in [0.15, 0.2) is 36.5 Å². The quantitative estimate of drug-likeness (QED) is 0.0365. The zero-order chi connectivity index (χ0) is 40.2. The largest absolute Gasteiger partial charge is 0.463 e. The van der Waals surface area contributed by atoms with Gasteiger partial charge in [0.2, 0.25) is 0 Å². The molecule has 2 N–H and O–H groups in total. The summed E-state index contributed by atoms with van der Waals surface area (Å²) in [6.45, 7) is 6.45. The smallest absolute Gasteiger partial charge is 0.305 e. The average Bonchev–Trinajstić information content (AvgIpc) is 3.53. The fraction of sp³-hybridized carbons (Fsp3) is 0.812. The van der Waals surface area contributed by atoms with E-state index in [9.17, 15) is 24.6 Å². The number of unbranched alkanes of at least 4 members (excludes halogenated alkanes) is 20. The minimum atomic E-state index is -1.03. The zero-order valence-electron chi connectivity index (χ0n) is 35.7. The Kier molecular flexibility index (Phi) is 33.3. The number of rotatable bonds is 38. The van der Waals surface area contributed by atoms with Gasteiger partial charge in [-0.25, -0.2) is 0 Å². The molecular weight excluding hydrogens is 689 g/mol. The van der Waals surface area contributed by atoms with Crippen LogP contribution in [0, 0.1) is 17.8 Å². The van der Waals surface area contributed by atoms with E-state index in [-0.39, 0.29) is 49.2 Å². The molecule has 1 aliphatic rings. The Morgan fingerprint density at radius 2 is 1.16 bits per heavy atom. The summed E-state index contributed by atoms with van der Waals surface area (Å²) in [7, 11) is 0. The minimum Gasteiger partial charge on any atom is -0.463 e. The first-order valence-corrected chi connectivity index (χ1v) is 23.0. The van der Waals surface area contributed by atoms with Crippen LogP contribution in [-0.2, 0) is 23.9 Å². The molecule has 1 aliphatic carbocycles. The summed E-state index contributed by atoms with van der Waals surface area (Å²) in [5.41, 5.74) is 0. The second-order valence-corrected chi connectivity index (χ2v) is 16.4. The third-order valence-electron chi connectivity index (χ3n) is 11.2. The van der Waals surface area contributed by atoms with Gasteiger partial charge in [-0.05, 0) is 50.0 Å². The van der Waals surface area contributed by atoms with Gasteiger partial charge in [0.25, 0.3) is 0 Å². The molecule has 0 aromatic heterocycles. The lowest BCUT2D eigenvalue weighted by Gasteiger charge is -2.13. The number of ketones is 1. The van der Waals surface area contributed by atoms with Crippen LogP contribution >= 0.6 is 0 Å². The topological polar surface area (TPSA) is 110 Å². The molecule has 0 saturated heterocycles. The van der Waals surface area contributed by atoms with Crippen molar-refractivity contribution in [3.8, 4) is 0 Å². The van der Waals surface area contributed by atoms with Crippen LogP contribution in [0.2, 0.25) is 0 Å². The van der Waals surface area contributed by atoms with Crippen molar-refractivity contribution in [3.05, 3.63) is 36.5 Å². The van der Waals surface area contributed by atoms with E-state index < -0.39 is 12.2 Å². The Morgan fingerprint density at radius 3 is 1.69 bits per heavy atom. The molecule has 1 unspecified atom stereocenters. The molecule has 0 heterocycles. The standard InChI is InChI=1S/C48H84O7/c1-4-6-25-32-43(49)36-37-45-42(35-38-46(45)51)31-27-23-24-29-34-48(53)55-40-44(50)39-54-47(52)33-28-22-20-18-16-14-12-10-8-7-9-11-13-15-17-19-21-26-30-41(3)5-2/h23,27,35-38,41-45,49-50H,4-22,24-26,28-34,39-40H2,1-3H3/b27-23-,37-36+/t41?,42-,43-,44-,45+/m0/s1. The van der Waals surface area contributed by atoms with Gasteiger partial charge in [0, 0.05) is 18.8 Å². The van der Waals surface area contributed by atoms with Gasteiger partial charge >= 0.3 is 11.9 Å². The molecule has 0 fully saturated rings. The van der Waals surface area contributed by atoms with Crippen molar-refractivity contribution < 1.29 is 34.1 Å². The summed E-state index contributed by atoms with van der Waals surface area (Å²) in [5.74, 6) is 0.125. The number of aliphatic hydroxyl groups excluding tert-OH is 2. The lowest BCUT2D eigenvalue weighted by atomic mass is 9.90. The van der Waals surface area contributed by atoms with E-state index in [2.05, 4.69) is 20.8 Å². The molecule has 318 valence electrons. The fourth-order valence-corrected chi connectivity index (χ4v) is 7.17. The van der Waals surface area contributed by atoms with Crippen molar-refractivity contribution in [2.75, 3.05) is 13.2 Å². The van der Waals surface area contributed by atoms with E-state index in [0.29, 0.717) is 19.3 Å². The molecule has 0 bridgehead atoms. The first-order valence-electron chi connectivity index (χ1n) is 23.0. The predicted octanol–water partition coefficient (Wildman–Crippen LogP) is 12.3. The molecule has 1 rings (SSSR count). The van der Waals surface area contributed by atoms with Crippen LogP contribution in [-0.4, -0.2) is 53.4 Å². The first kappa shape index (κ1) is 50.8. The molecule has 0 amide bonds. The normalized spacial score (nSPS) is 17.4. The highest BCUT2D eigenvalue weighted by molar-refractivity contribution is 5.95. The number of esters is 2. The number of carbonyl (C=O) groups is 3. The van der Waals surface area contributed by atoms with Crippen molar-refractivity contribution >= 4 is 17.7 Å². The van der Waals surface area contributed by atoms with Crippen molar-refractivity contribution in [2.45, 2.75) is 219 Å². The molecule has 7 heteroatoms. The van der Waals surface area contributed by atoms with Crippen LogP contribution < -0.4 is 0 Å². The maximum atomic E-state index is 12.3. The molecule has 0 aromatic carbocycles. The highest BCUT2D eigenvalue weighted by Gasteiger charge is 2.27. The number of allylic oxidation sites excluding steroid dienone is 5. The molecule has 5 atom stereocenters. The van der Waals surface area contributed by atoms with Crippen molar-refractivity contribution in [1.29, 1.82) is 0 Å². The Morgan fingerprint density at radius 1 is 0.673 bits per heavy atom. The highest BCUT2D eigenvalue weighted by atomic mass is 16.6. The van der Waals surface area contributed by atoms with Gasteiger partial charge in [-0.3, -0.25) is 14.4 Å². The summed E-state index contributed by atoms with van der Waals surface area (Å²) in [6.07, 6.45) is 42.6. The summed E-state index contributed by atoms with van der Waals surface area (Å²) in [5, 5.41) is 20.2. The van der Waals surface area contributed by atoms with E-state index in [4.69, 9.17) is 9.47 Å². The van der Waals surface area contributed by atoms with Gasteiger partial charge in [0.15, 0.2) is 5.78 Å². The number of ether oxygens (including phenoxy) is 2. The fourth-order valence-electron chi connectivity index (χ4n) is 7.17. The monoisotopic (exact) mass is 773 g/mol. The number of carbonyl (C=O) groups excluding carboxylic acids is 3. The van der Waals surface area contributed by atoms with Gasteiger partial charge < -0.3 is 19.7 Å². The maximum Gasteiger partial charge on any atom is 0.305 e. The lowest BCUT2D eigenvalue weighted by Crippen LogP contribution is -2.25. The van der Waals surface area contributed by atoms with Crippen molar-refractivity contribution in [3.63, 3.8) is 0 Å². The first-order chi connectivity index (χ1) is 26.8. The second-order valence-electron chi connectivity index (χ2n) is 16.4. The molecule has 0 radical (unpaired) electrons. The number of aliphatic hydroxyl groups is 2. The van der Waals surface area contributed by atoms with E-state index in [1.54, 1.807) is 12.2 Å². The molecular formula is C48H84O7. The number of hydrogen-bond acceptors (Lipinski definition) is 7. The summed E-state index contributed by atoms with van der Waals surface area (Å²) in [4.78, 5) is 36.4. The Labute approximate surface area is 337 Å². The third-order valence-corrected chi connectivity index (χ3v) is 11.2. The Hall–Kier alpha value is -2.25. The summed E-state index contributed by atoms with van der Waals surface area (Å²) >= 11 is 0. The van der Waals surface area contributed by atoms with Crippen LogP contribution in [0.1, 0.15) is 207 Å². The van der Waals surface area contributed by atoms with Crippen molar-refractivity contribution in [2.24, 2.45) is 17.8 Å². The Balaban J connectivity index is 1.91. The van der Waals surface area contributed by atoms with Crippen LogP contribution in [0.3, 0.4) is 0 Å². The molecule has 0 saturated carbocycles. The average molecular weight is 773 g/mol. The molecule has 0 spiro atoms. The SMILES string of the molecule is CCCCC[C@H](O)/C=C/[C@H]1C(=O)C=C[C@@H]1C/C=C\CCCC(=O)OC[C@@H](O)COC(=O)CCCCCCCCCCCCCCCCCCCCC(C)CC. The molecule has 0 aromatic rings. The molecule has 7 nitrogen and oxygen atoms in total. The lowest BCUT2D eigenvalue weighted by molar-refractivity contribution is -0.152. The van der Waals surface area contributed by atoms with E-state index >= 15 is 0 Å². The van der Waals surface area contributed by atoms with Gasteiger partial charge in [0.05, 0.1) is 6.10 Å². The minimum absolute atomic E-state index is 0.0752. The molecule has 0 aliphatic heterocycles. The summed E-state index contributed by atoms with van der Waals surface area (Å²) in [6, 6.07) is 0. The Bertz CT molecular complexity index is 1030. The zero-order valence-corrected chi connectivity index (χ0v) is 35.7. The van der Waals surface area contributed by atoms with Crippen molar-refractivity contribution in [1.82, 2.24) is 0 Å². The van der Waals surface area contributed by atoms with Gasteiger partial charge in [-0.2, -0.15) is 0 Å². The highest BCUT2D eigenvalue weighted by Crippen LogP contribution is 2.28. The van der Waals surface area contributed by atoms with Gasteiger partial charge in [0.1, 0.15) is 19.3 Å². The second kappa shape index (κ2) is 36.1. The number of hydrogen-bond donors (Lipinski definition) is 2. The van der Waals surface area contributed by atoms with E-state index in [1.807, 2.05) is 24.3 Å². The van der Waals surface area contributed by atoms with E-state index in [0.717, 1.165) is 57.3 Å². The van der Waals surface area contributed by atoms with Crippen LogP contribution in [0.4, 0.5) is 0 Å². The van der Waals surface area contributed by atoms with Crippen LogP contribution in [0.25, 0.3) is 0 Å².